The smallest absolute Gasteiger partial charge is 0.302 e. The van der Waals surface area contributed by atoms with Gasteiger partial charge in [-0.1, -0.05) is 0 Å². The Morgan fingerprint density at radius 1 is 1.28 bits per heavy atom. The van der Waals surface area contributed by atoms with Gasteiger partial charge < -0.3 is 25.0 Å². The van der Waals surface area contributed by atoms with Crippen molar-refractivity contribution in [3.63, 3.8) is 0 Å². The second-order valence-corrected chi connectivity index (χ2v) is 4.03. The van der Waals surface area contributed by atoms with Crippen LogP contribution in [0.2, 0.25) is 0 Å². The number of hydrogen-bond acceptors (Lipinski definition) is 6. The van der Waals surface area contributed by atoms with Crippen LogP contribution >= 0.6 is 0 Å². The molecule has 0 heterocycles. The quantitative estimate of drug-likeness (QED) is 0.476. The molecule has 0 saturated heterocycles. The average Bonchev–Trinajstić information content (AvgIpc) is 2.26. The molecule has 7 nitrogen and oxygen atoms in total. The van der Waals surface area contributed by atoms with Crippen molar-refractivity contribution in [3.05, 3.63) is 0 Å². The van der Waals surface area contributed by atoms with E-state index in [1.165, 1.54) is 13.8 Å². The maximum absolute atomic E-state index is 10.8. The molecule has 0 spiro atoms. The normalized spacial score (nSPS) is 15.6. The topological polar surface area (TPSA) is 105 Å². The molecule has 7 heteroatoms. The summed E-state index contributed by atoms with van der Waals surface area (Å²) < 4.78 is 10.0. The van der Waals surface area contributed by atoms with Gasteiger partial charge in [-0.3, -0.25) is 9.59 Å². The number of aliphatic hydroxyl groups excluding tert-OH is 2. The van der Waals surface area contributed by atoms with E-state index >= 15 is 0 Å². The van der Waals surface area contributed by atoms with E-state index in [1.54, 1.807) is 6.92 Å². The van der Waals surface area contributed by atoms with Crippen LogP contribution in [-0.4, -0.2) is 60.2 Å². The molecule has 0 fully saturated rings. The molecular formula is C11H21NO6. The van der Waals surface area contributed by atoms with Gasteiger partial charge in [0.05, 0.1) is 13.2 Å². The molecule has 3 atom stereocenters. The predicted molar refractivity (Wildman–Crippen MR) is 62.7 cm³/mol. The van der Waals surface area contributed by atoms with Crippen LogP contribution in [0.5, 0.6) is 0 Å². The number of hydrogen-bond donors (Lipinski definition) is 3. The molecule has 0 saturated carbocycles. The van der Waals surface area contributed by atoms with Crippen molar-refractivity contribution in [3.8, 4) is 0 Å². The van der Waals surface area contributed by atoms with Crippen molar-refractivity contribution in [1.29, 1.82) is 0 Å². The van der Waals surface area contributed by atoms with E-state index in [-0.39, 0.29) is 25.2 Å². The van der Waals surface area contributed by atoms with Crippen LogP contribution in [0.25, 0.3) is 0 Å². The van der Waals surface area contributed by atoms with E-state index in [9.17, 15) is 14.7 Å². The van der Waals surface area contributed by atoms with E-state index in [2.05, 4.69) is 5.32 Å². The maximum Gasteiger partial charge on any atom is 0.302 e. The molecular weight excluding hydrogens is 242 g/mol. The van der Waals surface area contributed by atoms with Gasteiger partial charge in [0.15, 0.2) is 0 Å². The molecule has 1 amide bonds. The molecule has 0 aliphatic rings. The monoisotopic (exact) mass is 263 g/mol. The van der Waals surface area contributed by atoms with Gasteiger partial charge in [0.2, 0.25) is 5.91 Å². The third-order valence-electron chi connectivity index (χ3n) is 2.08. The summed E-state index contributed by atoms with van der Waals surface area (Å²) in [7, 11) is 0. The number of ether oxygens (including phenoxy) is 2. The van der Waals surface area contributed by atoms with Gasteiger partial charge in [-0.2, -0.15) is 0 Å². The van der Waals surface area contributed by atoms with Crippen molar-refractivity contribution in [2.45, 2.75) is 39.0 Å². The summed E-state index contributed by atoms with van der Waals surface area (Å²) in [6, 6.07) is -0.242. The standard InChI is InChI=1S/C11H21NO6/c1-7(12-8(2)14)5-18-11(10(16)4-13)6-17-9(3)15/h7,10-11,13,16H,4-6H2,1-3H3,(H,12,14)/t7-,10+,11?/m0/s1. The molecule has 106 valence electrons. The van der Waals surface area contributed by atoms with Crippen molar-refractivity contribution >= 4 is 11.9 Å². The lowest BCUT2D eigenvalue weighted by molar-refractivity contribution is -0.150. The number of amides is 1. The molecule has 0 aromatic carbocycles. The highest BCUT2D eigenvalue weighted by molar-refractivity contribution is 5.73. The first-order chi connectivity index (χ1) is 8.36. The third-order valence-corrected chi connectivity index (χ3v) is 2.08. The highest BCUT2D eigenvalue weighted by atomic mass is 16.6. The Morgan fingerprint density at radius 2 is 1.89 bits per heavy atom. The Labute approximate surface area is 106 Å². The van der Waals surface area contributed by atoms with Gasteiger partial charge in [0.1, 0.15) is 18.8 Å². The largest absolute Gasteiger partial charge is 0.463 e. The molecule has 0 rings (SSSR count). The van der Waals surface area contributed by atoms with Crippen LogP contribution in [0.3, 0.4) is 0 Å². The zero-order valence-corrected chi connectivity index (χ0v) is 10.9. The first-order valence-corrected chi connectivity index (χ1v) is 5.67. The minimum atomic E-state index is -1.14. The van der Waals surface area contributed by atoms with Gasteiger partial charge in [0.25, 0.3) is 0 Å². The van der Waals surface area contributed by atoms with Gasteiger partial charge in [-0.05, 0) is 6.92 Å². The molecule has 0 bridgehead atoms. The van der Waals surface area contributed by atoms with Crippen LogP contribution in [0.15, 0.2) is 0 Å². The van der Waals surface area contributed by atoms with Crippen molar-refractivity contribution in [2.24, 2.45) is 0 Å². The number of nitrogens with one attached hydrogen (secondary N) is 1. The van der Waals surface area contributed by atoms with Gasteiger partial charge in [-0.15, -0.1) is 0 Å². The Morgan fingerprint density at radius 3 is 2.33 bits per heavy atom. The third kappa shape index (κ3) is 7.99. The second-order valence-electron chi connectivity index (χ2n) is 4.03. The Bertz CT molecular complexity index is 270. The first-order valence-electron chi connectivity index (χ1n) is 5.67. The fourth-order valence-corrected chi connectivity index (χ4v) is 1.24. The van der Waals surface area contributed by atoms with Crippen LogP contribution < -0.4 is 5.32 Å². The molecule has 0 aromatic heterocycles. The van der Waals surface area contributed by atoms with Crippen LogP contribution in [0.1, 0.15) is 20.8 Å². The lowest BCUT2D eigenvalue weighted by Gasteiger charge is -2.23. The minimum Gasteiger partial charge on any atom is -0.463 e. The van der Waals surface area contributed by atoms with Gasteiger partial charge >= 0.3 is 5.97 Å². The molecule has 0 aromatic rings. The van der Waals surface area contributed by atoms with E-state index < -0.39 is 24.8 Å². The zero-order valence-electron chi connectivity index (χ0n) is 10.9. The zero-order chi connectivity index (χ0) is 14.1. The molecule has 0 radical (unpaired) electrons. The number of aliphatic hydroxyl groups is 2. The second kappa shape index (κ2) is 8.84. The van der Waals surface area contributed by atoms with E-state index in [0.29, 0.717) is 0 Å². The molecule has 3 N–H and O–H groups in total. The molecule has 1 unspecified atom stereocenters. The summed E-state index contributed by atoms with van der Waals surface area (Å²) in [6.07, 6.45) is -1.97. The molecule has 18 heavy (non-hydrogen) atoms. The maximum atomic E-state index is 10.8. The number of rotatable bonds is 8. The summed E-state index contributed by atoms with van der Waals surface area (Å²) in [4.78, 5) is 21.4. The predicted octanol–water partition coefficient (Wildman–Crippen LogP) is -1.19. The van der Waals surface area contributed by atoms with E-state index in [4.69, 9.17) is 14.6 Å². The Hall–Kier alpha value is -1.18. The van der Waals surface area contributed by atoms with Gasteiger partial charge in [0, 0.05) is 19.9 Å². The fraction of sp³-hybridized carbons (Fsp3) is 0.818. The summed E-state index contributed by atoms with van der Waals surface area (Å²) in [5.41, 5.74) is 0. The van der Waals surface area contributed by atoms with Crippen molar-refractivity contribution < 1.29 is 29.3 Å². The number of esters is 1. The fourth-order valence-electron chi connectivity index (χ4n) is 1.24. The van der Waals surface area contributed by atoms with Crippen LogP contribution in [0, 0.1) is 0 Å². The van der Waals surface area contributed by atoms with E-state index in [1.807, 2.05) is 0 Å². The lowest BCUT2D eigenvalue weighted by Crippen LogP contribution is -2.41. The minimum absolute atomic E-state index is 0.141. The Kier molecular flexibility index (Phi) is 8.27. The van der Waals surface area contributed by atoms with Gasteiger partial charge in [-0.25, -0.2) is 0 Å². The summed E-state index contributed by atoms with van der Waals surface area (Å²) in [5, 5.41) is 20.9. The molecule has 0 aliphatic carbocycles. The number of carbonyl (C=O) groups excluding carboxylic acids is 2. The van der Waals surface area contributed by atoms with E-state index in [0.717, 1.165) is 0 Å². The lowest BCUT2D eigenvalue weighted by atomic mass is 10.2. The highest BCUT2D eigenvalue weighted by Gasteiger charge is 2.21. The number of carbonyl (C=O) groups is 2. The summed E-state index contributed by atoms with van der Waals surface area (Å²) in [5.74, 6) is -0.686. The van der Waals surface area contributed by atoms with Crippen LogP contribution in [-0.2, 0) is 19.1 Å². The molecule has 0 aliphatic heterocycles. The van der Waals surface area contributed by atoms with Crippen molar-refractivity contribution in [2.75, 3.05) is 19.8 Å². The Balaban J connectivity index is 4.15. The van der Waals surface area contributed by atoms with Crippen molar-refractivity contribution in [1.82, 2.24) is 5.32 Å². The van der Waals surface area contributed by atoms with Crippen LogP contribution in [0.4, 0.5) is 0 Å². The average molecular weight is 263 g/mol. The first kappa shape index (κ1) is 16.8. The summed E-state index contributed by atoms with van der Waals surface area (Å²) >= 11 is 0. The SMILES string of the molecule is CC(=O)N[C@@H](C)COC(COC(C)=O)[C@H](O)CO. The summed E-state index contributed by atoms with van der Waals surface area (Å²) in [6.45, 7) is 3.85. The highest BCUT2D eigenvalue weighted by Crippen LogP contribution is 2.02.